The zero-order chi connectivity index (χ0) is 5.21. The molecule has 7 heavy (non-hydrogen) atoms. The molecule has 0 bridgehead atoms. The van der Waals surface area contributed by atoms with Gasteiger partial charge in [0.1, 0.15) is 0 Å². The SMILES string of the molecule is CC(C)([O-])CF.[Na+]. The topological polar surface area (TPSA) is 23.1 Å². The fourth-order valence-corrected chi connectivity index (χ4v) is 0. The third kappa shape index (κ3) is 10.9. The van der Waals surface area contributed by atoms with E-state index >= 15 is 0 Å². The molecule has 0 saturated heterocycles. The summed E-state index contributed by atoms with van der Waals surface area (Å²) in [7, 11) is 0. The molecule has 0 N–H and O–H groups in total. The Morgan fingerprint density at radius 2 is 1.71 bits per heavy atom. The van der Waals surface area contributed by atoms with Gasteiger partial charge in [-0.1, -0.05) is 19.4 Å². The maximum Gasteiger partial charge on any atom is 1.00 e. The monoisotopic (exact) mass is 114 g/mol. The molecule has 0 aromatic carbocycles. The Kier molecular flexibility index (Phi) is 5.92. The van der Waals surface area contributed by atoms with E-state index in [-0.39, 0.29) is 29.6 Å². The predicted octanol–water partition coefficient (Wildman–Crippen LogP) is -2.90. The third-order valence-corrected chi connectivity index (χ3v) is 0.322. The van der Waals surface area contributed by atoms with Crippen molar-refractivity contribution in [1.82, 2.24) is 0 Å². The number of hydrogen-bond acceptors (Lipinski definition) is 1. The summed E-state index contributed by atoms with van der Waals surface area (Å²) < 4.78 is 11.2. The zero-order valence-electron chi connectivity index (χ0n) is 4.99. The van der Waals surface area contributed by atoms with Crippen molar-refractivity contribution in [3.8, 4) is 0 Å². The van der Waals surface area contributed by atoms with Gasteiger partial charge in [0.2, 0.25) is 0 Å². The van der Waals surface area contributed by atoms with Gasteiger partial charge in [0.25, 0.3) is 0 Å². The van der Waals surface area contributed by atoms with Crippen molar-refractivity contribution in [3.63, 3.8) is 0 Å². The van der Waals surface area contributed by atoms with E-state index in [9.17, 15) is 9.50 Å². The average molecular weight is 114 g/mol. The number of halogens is 1. The van der Waals surface area contributed by atoms with E-state index in [0.29, 0.717) is 0 Å². The molecular formula is C4H8FNaO. The Morgan fingerprint density at radius 3 is 1.71 bits per heavy atom. The molecule has 0 aliphatic carbocycles. The van der Waals surface area contributed by atoms with Crippen LogP contribution in [0.5, 0.6) is 0 Å². The van der Waals surface area contributed by atoms with Crippen molar-refractivity contribution < 1.29 is 39.1 Å². The Labute approximate surface area is 65.2 Å². The van der Waals surface area contributed by atoms with Gasteiger partial charge >= 0.3 is 29.6 Å². The third-order valence-electron chi connectivity index (χ3n) is 0.322. The molecule has 0 rings (SSSR count). The number of hydrogen-bond donors (Lipinski definition) is 0. The van der Waals surface area contributed by atoms with E-state index in [4.69, 9.17) is 0 Å². The second kappa shape index (κ2) is 3.84. The normalized spacial score (nSPS) is 10.3. The van der Waals surface area contributed by atoms with Gasteiger partial charge in [0.05, 0.1) is 6.67 Å². The van der Waals surface area contributed by atoms with Gasteiger partial charge < -0.3 is 5.11 Å². The van der Waals surface area contributed by atoms with Crippen LogP contribution in [0.2, 0.25) is 0 Å². The Hall–Kier alpha value is 0.890. The van der Waals surface area contributed by atoms with E-state index in [1.165, 1.54) is 13.8 Å². The first-order chi connectivity index (χ1) is 2.56. The van der Waals surface area contributed by atoms with Gasteiger partial charge in [0, 0.05) is 0 Å². The van der Waals surface area contributed by atoms with Crippen LogP contribution in [0.3, 0.4) is 0 Å². The molecule has 3 heteroatoms. The first kappa shape index (κ1) is 10.8. The summed E-state index contributed by atoms with van der Waals surface area (Å²) in [6, 6.07) is 0. The van der Waals surface area contributed by atoms with Gasteiger partial charge in [-0.05, 0) is 0 Å². The van der Waals surface area contributed by atoms with E-state index in [1.54, 1.807) is 0 Å². The molecule has 1 nitrogen and oxygen atoms in total. The Bertz CT molecular complexity index is 41.4. The molecule has 0 aromatic heterocycles. The second-order valence-electron chi connectivity index (χ2n) is 1.89. The van der Waals surface area contributed by atoms with Crippen molar-refractivity contribution in [3.05, 3.63) is 0 Å². The minimum Gasteiger partial charge on any atom is -0.848 e. The van der Waals surface area contributed by atoms with E-state index in [2.05, 4.69) is 0 Å². The van der Waals surface area contributed by atoms with Crippen LogP contribution in [0.15, 0.2) is 0 Å². The van der Waals surface area contributed by atoms with Gasteiger partial charge in [-0.25, -0.2) is 0 Å². The van der Waals surface area contributed by atoms with Crippen molar-refractivity contribution in [2.75, 3.05) is 6.67 Å². The van der Waals surface area contributed by atoms with E-state index in [1.807, 2.05) is 0 Å². The number of alkyl halides is 1. The van der Waals surface area contributed by atoms with Crippen LogP contribution in [-0.2, 0) is 0 Å². The minimum absolute atomic E-state index is 0. The van der Waals surface area contributed by atoms with Gasteiger partial charge in [-0.3, -0.25) is 4.39 Å². The summed E-state index contributed by atoms with van der Waals surface area (Å²) in [5, 5.41) is 10.1. The summed E-state index contributed by atoms with van der Waals surface area (Å²) in [5.41, 5.74) is -1.38. The van der Waals surface area contributed by atoms with Crippen molar-refractivity contribution in [1.29, 1.82) is 0 Å². The molecule has 0 fully saturated rings. The zero-order valence-corrected chi connectivity index (χ0v) is 6.99. The molecule has 0 unspecified atom stereocenters. The maximum atomic E-state index is 11.2. The molecule has 0 aliphatic rings. The van der Waals surface area contributed by atoms with Crippen LogP contribution >= 0.6 is 0 Å². The largest absolute Gasteiger partial charge is 1.00 e. The van der Waals surface area contributed by atoms with Crippen LogP contribution in [-0.4, -0.2) is 12.3 Å². The number of rotatable bonds is 1. The van der Waals surface area contributed by atoms with Crippen LogP contribution in [0.25, 0.3) is 0 Å². The maximum absolute atomic E-state index is 11.2. The van der Waals surface area contributed by atoms with Crippen molar-refractivity contribution in [2.24, 2.45) is 0 Å². The molecule has 0 aliphatic heterocycles. The Morgan fingerprint density at radius 1 is 1.57 bits per heavy atom. The van der Waals surface area contributed by atoms with Gasteiger partial charge in [-0.2, -0.15) is 0 Å². The minimum atomic E-state index is -1.38. The molecule has 0 atom stereocenters. The quantitative estimate of drug-likeness (QED) is 0.335. The van der Waals surface area contributed by atoms with Crippen LogP contribution in [0.1, 0.15) is 13.8 Å². The van der Waals surface area contributed by atoms with Crippen LogP contribution in [0.4, 0.5) is 4.39 Å². The predicted molar refractivity (Wildman–Crippen MR) is 20.1 cm³/mol. The van der Waals surface area contributed by atoms with Gasteiger partial charge in [-0.15, -0.1) is 0 Å². The summed E-state index contributed by atoms with van der Waals surface area (Å²) in [6.45, 7) is 1.84. The van der Waals surface area contributed by atoms with E-state index in [0.717, 1.165) is 0 Å². The second-order valence-corrected chi connectivity index (χ2v) is 1.89. The van der Waals surface area contributed by atoms with Crippen LogP contribution < -0.4 is 34.7 Å². The Balaban J connectivity index is 0. The molecule has 0 amide bonds. The molecule has 0 radical (unpaired) electrons. The fourth-order valence-electron chi connectivity index (χ4n) is 0. The average Bonchev–Trinajstić information content (AvgIpc) is 1.35. The molecule has 0 saturated carbocycles. The van der Waals surface area contributed by atoms with Crippen LogP contribution in [0, 0.1) is 0 Å². The fraction of sp³-hybridized carbons (Fsp3) is 1.00. The summed E-state index contributed by atoms with van der Waals surface area (Å²) in [4.78, 5) is 0. The smallest absolute Gasteiger partial charge is 0.848 e. The molecule has 0 heterocycles. The molecule has 0 aromatic rings. The summed E-state index contributed by atoms with van der Waals surface area (Å²) in [5.74, 6) is 0. The molecule has 38 valence electrons. The first-order valence-electron chi connectivity index (χ1n) is 1.82. The van der Waals surface area contributed by atoms with E-state index < -0.39 is 12.3 Å². The molecular weight excluding hydrogens is 106 g/mol. The van der Waals surface area contributed by atoms with Gasteiger partial charge in [0.15, 0.2) is 0 Å². The molecule has 0 spiro atoms. The van der Waals surface area contributed by atoms with Crippen molar-refractivity contribution >= 4 is 0 Å². The van der Waals surface area contributed by atoms with Crippen molar-refractivity contribution in [2.45, 2.75) is 19.4 Å². The summed E-state index contributed by atoms with van der Waals surface area (Å²) in [6.07, 6.45) is 0. The summed E-state index contributed by atoms with van der Waals surface area (Å²) >= 11 is 0. The first-order valence-corrected chi connectivity index (χ1v) is 1.82. The standard InChI is InChI=1S/C4H8FO.Na/c1-4(2,6)3-5;/h3H2,1-2H3;/q-1;+1.